The maximum Gasteiger partial charge on any atom is 0.319 e. The zero-order valence-corrected chi connectivity index (χ0v) is 14.9. The van der Waals surface area contributed by atoms with Crippen molar-refractivity contribution >= 4 is 23.4 Å². The highest BCUT2D eigenvalue weighted by Crippen LogP contribution is 2.14. The summed E-state index contributed by atoms with van der Waals surface area (Å²) in [5.74, 6) is 0. The number of aliphatic hydroxyl groups is 6. The van der Waals surface area contributed by atoms with Gasteiger partial charge in [0.15, 0.2) is 0 Å². The number of pyridine rings is 1. The van der Waals surface area contributed by atoms with E-state index in [1.807, 2.05) is 0 Å². The van der Waals surface area contributed by atoms with Gasteiger partial charge in [0.1, 0.15) is 11.1 Å². The minimum absolute atomic E-state index is 0.135. The number of aromatic nitrogens is 1. The summed E-state index contributed by atoms with van der Waals surface area (Å²) >= 11 is 0. The van der Waals surface area contributed by atoms with E-state index in [9.17, 15) is 40.2 Å². The number of nitrogens with one attached hydrogen (secondary N) is 4. The first-order chi connectivity index (χ1) is 13.3. The second-order valence-corrected chi connectivity index (χ2v) is 6.13. The molecular weight excluding hydrogens is 378 g/mol. The van der Waals surface area contributed by atoms with Crippen molar-refractivity contribution < 1.29 is 40.2 Å². The van der Waals surface area contributed by atoms with E-state index in [0.717, 1.165) is 0 Å². The fourth-order valence-electron chi connectivity index (χ4n) is 1.92. The van der Waals surface area contributed by atoms with Crippen molar-refractivity contribution in [2.24, 2.45) is 0 Å². The van der Waals surface area contributed by atoms with Gasteiger partial charge < -0.3 is 51.9 Å². The van der Waals surface area contributed by atoms with Gasteiger partial charge in [-0.3, -0.25) is 4.98 Å². The molecule has 13 nitrogen and oxygen atoms in total. The Hall–Kier alpha value is -2.55. The second kappa shape index (κ2) is 10.7. The predicted octanol–water partition coefficient (Wildman–Crippen LogP) is -3.24. The molecule has 0 spiro atoms. The van der Waals surface area contributed by atoms with Gasteiger partial charge in [-0.2, -0.15) is 0 Å². The molecule has 28 heavy (non-hydrogen) atoms. The van der Waals surface area contributed by atoms with Crippen LogP contribution in [-0.2, 0) is 0 Å². The molecule has 1 rings (SSSR count). The van der Waals surface area contributed by atoms with Gasteiger partial charge in [0.25, 0.3) is 0 Å². The normalized spacial score (nSPS) is 11.6. The highest BCUT2D eigenvalue weighted by molar-refractivity contribution is 5.93. The summed E-state index contributed by atoms with van der Waals surface area (Å²) in [6, 6.07) is -0.371. The van der Waals surface area contributed by atoms with E-state index in [-0.39, 0.29) is 11.4 Å². The predicted molar refractivity (Wildman–Crippen MR) is 96.5 cm³/mol. The van der Waals surface area contributed by atoms with Crippen LogP contribution in [0.5, 0.6) is 0 Å². The second-order valence-electron chi connectivity index (χ2n) is 6.13. The van der Waals surface area contributed by atoms with E-state index < -0.39 is 62.8 Å². The highest BCUT2D eigenvalue weighted by Gasteiger charge is 2.31. The lowest BCUT2D eigenvalue weighted by atomic mass is 10.0. The number of hydrogen-bond acceptors (Lipinski definition) is 9. The molecule has 0 radical (unpaired) electrons. The third-order valence-electron chi connectivity index (χ3n) is 3.83. The van der Waals surface area contributed by atoms with E-state index in [0.29, 0.717) is 0 Å². The molecule has 0 unspecified atom stereocenters. The van der Waals surface area contributed by atoms with Crippen molar-refractivity contribution in [2.45, 2.75) is 11.1 Å². The fourth-order valence-corrected chi connectivity index (χ4v) is 1.92. The molecule has 1 heterocycles. The molecule has 0 fully saturated rings. The average Bonchev–Trinajstić information content (AvgIpc) is 2.70. The SMILES string of the molecule is O=C(Nc1cncc(NC(=O)NC(CO)(CO)CO)c1)NC(CO)(CO)CO. The Morgan fingerprint density at radius 3 is 1.32 bits per heavy atom. The van der Waals surface area contributed by atoms with Crippen molar-refractivity contribution in [2.75, 3.05) is 50.3 Å². The van der Waals surface area contributed by atoms with Crippen molar-refractivity contribution in [1.29, 1.82) is 0 Å². The number of urea groups is 2. The van der Waals surface area contributed by atoms with E-state index in [1.165, 1.54) is 18.5 Å². The van der Waals surface area contributed by atoms with Gasteiger partial charge in [0.2, 0.25) is 0 Å². The Morgan fingerprint density at radius 1 is 0.714 bits per heavy atom. The molecule has 0 aromatic carbocycles. The molecule has 10 N–H and O–H groups in total. The van der Waals surface area contributed by atoms with E-state index in [2.05, 4.69) is 26.3 Å². The van der Waals surface area contributed by atoms with Crippen LogP contribution in [-0.4, -0.2) is 98.4 Å². The van der Waals surface area contributed by atoms with Gasteiger partial charge >= 0.3 is 12.1 Å². The smallest absolute Gasteiger partial charge is 0.319 e. The quantitative estimate of drug-likeness (QED) is 0.189. The molecule has 0 aliphatic rings. The van der Waals surface area contributed by atoms with Gasteiger partial charge in [0.05, 0.1) is 63.4 Å². The molecule has 158 valence electrons. The largest absolute Gasteiger partial charge is 0.394 e. The van der Waals surface area contributed by atoms with Crippen LogP contribution >= 0.6 is 0 Å². The number of aliphatic hydroxyl groups excluding tert-OH is 6. The molecule has 0 aliphatic heterocycles. The summed E-state index contributed by atoms with van der Waals surface area (Å²) in [6.07, 6.45) is 2.50. The summed E-state index contributed by atoms with van der Waals surface area (Å²) in [4.78, 5) is 27.8. The third-order valence-corrected chi connectivity index (χ3v) is 3.83. The Morgan fingerprint density at radius 2 is 1.04 bits per heavy atom. The number of amides is 4. The molecule has 0 saturated carbocycles. The van der Waals surface area contributed by atoms with Crippen LogP contribution < -0.4 is 21.3 Å². The van der Waals surface area contributed by atoms with Crippen LogP contribution in [0.4, 0.5) is 21.0 Å². The van der Waals surface area contributed by atoms with Crippen LogP contribution in [0.15, 0.2) is 18.5 Å². The van der Waals surface area contributed by atoms with Gasteiger partial charge in [-0.15, -0.1) is 0 Å². The number of nitrogens with zero attached hydrogens (tertiary/aromatic N) is 1. The molecule has 0 bridgehead atoms. The lowest BCUT2D eigenvalue weighted by Gasteiger charge is -2.29. The maximum atomic E-state index is 12.0. The average molecular weight is 403 g/mol. The topological polar surface area (TPSA) is 217 Å². The Bertz CT molecular complexity index is 583. The number of carbonyl (C=O) groups is 2. The summed E-state index contributed by atoms with van der Waals surface area (Å²) < 4.78 is 0. The summed E-state index contributed by atoms with van der Waals surface area (Å²) in [6.45, 7) is -4.19. The molecule has 1 aromatic heterocycles. The zero-order valence-electron chi connectivity index (χ0n) is 14.9. The number of hydrogen-bond donors (Lipinski definition) is 10. The Labute approximate surface area is 160 Å². The molecule has 13 heteroatoms. The van der Waals surface area contributed by atoms with E-state index in [4.69, 9.17) is 0 Å². The van der Waals surface area contributed by atoms with Crippen LogP contribution in [0.25, 0.3) is 0 Å². The fraction of sp³-hybridized carbons (Fsp3) is 0.533. The van der Waals surface area contributed by atoms with E-state index in [1.54, 1.807) is 0 Å². The van der Waals surface area contributed by atoms with Crippen molar-refractivity contribution in [3.63, 3.8) is 0 Å². The van der Waals surface area contributed by atoms with Crippen molar-refractivity contribution in [3.05, 3.63) is 18.5 Å². The van der Waals surface area contributed by atoms with Gasteiger partial charge in [0, 0.05) is 0 Å². The summed E-state index contributed by atoms with van der Waals surface area (Å²) in [5, 5.41) is 64.4. The minimum Gasteiger partial charge on any atom is -0.394 e. The monoisotopic (exact) mass is 403 g/mol. The zero-order chi connectivity index (χ0) is 21.2. The van der Waals surface area contributed by atoms with Crippen LogP contribution in [0.1, 0.15) is 0 Å². The first-order valence-electron chi connectivity index (χ1n) is 8.10. The summed E-state index contributed by atoms with van der Waals surface area (Å²) in [7, 11) is 0. The van der Waals surface area contributed by atoms with Gasteiger partial charge in [-0.25, -0.2) is 9.59 Å². The van der Waals surface area contributed by atoms with Gasteiger partial charge in [-0.1, -0.05) is 0 Å². The lowest BCUT2D eigenvalue weighted by molar-refractivity contribution is 0.0506. The standard InChI is InChI=1S/C15H25N5O8/c21-4-14(5-22,6-23)19-12(27)17-10-1-11(3-16-2-10)18-13(28)20-15(7-24,8-25)9-26/h1-3,21-26H,4-9H2,(H2,17,19,27)(H2,18,20,28). The van der Waals surface area contributed by atoms with Crippen LogP contribution in [0.3, 0.4) is 0 Å². The molecule has 0 aliphatic carbocycles. The third kappa shape index (κ3) is 6.26. The van der Waals surface area contributed by atoms with Crippen molar-refractivity contribution in [1.82, 2.24) is 15.6 Å². The molecular formula is C15H25N5O8. The molecule has 0 saturated heterocycles. The summed E-state index contributed by atoms with van der Waals surface area (Å²) in [5.41, 5.74) is -2.96. The molecule has 4 amide bonds. The maximum absolute atomic E-state index is 12.0. The lowest BCUT2D eigenvalue weighted by Crippen LogP contribution is -2.58. The number of rotatable bonds is 10. The number of carbonyl (C=O) groups excluding carboxylic acids is 2. The Balaban J connectivity index is 2.76. The van der Waals surface area contributed by atoms with Crippen molar-refractivity contribution in [3.8, 4) is 0 Å². The van der Waals surface area contributed by atoms with E-state index >= 15 is 0 Å². The first-order valence-corrected chi connectivity index (χ1v) is 8.10. The van der Waals surface area contributed by atoms with Gasteiger partial charge in [-0.05, 0) is 6.07 Å². The molecule has 0 atom stereocenters. The minimum atomic E-state index is -1.62. The first kappa shape index (κ1) is 23.5. The Kier molecular flexibility index (Phi) is 8.98. The van der Waals surface area contributed by atoms with Crippen LogP contribution in [0, 0.1) is 0 Å². The highest BCUT2D eigenvalue weighted by atomic mass is 16.3. The number of anilines is 2. The van der Waals surface area contributed by atoms with Crippen LogP contribution in [0.2, 0.25) is 0 Å². The molecule has 1 aromatic rings.